The van der Waals surface area contributed by atoms with Crippen LogP contribution in [0.4, 0.5) is 5.82 Å². The van der Waals surface area contributed by atoms with Gasteiger partial charge < -0.3 is 14.8 Å². The molecule has 0 atom stereocenters. The van der Waals surface area contributed by atoms with Crippen molar-refractivity contribution < 1.29 is 14.3 Å². The maximum atomic E-state index is 12.5. The Morgan fingerprint density at radius 2 is 1.87 bits per heavy atom. The molecule has 0 bridgehead atoms. The van der Waals surface area contributed by atoms with Crippen molar-refractivity contribution in [2.24, 2.45) is 0 Å². The molecule has 0 spiro atoms. The van der Waals surface area contributed by atoms with Crippen LogP contribution in [0.3, 0.4) is 0 Å². The standard InChI is InChI=1S/C24H24N4O3/c1-15-7-5-8-18(11-15)31-14-23(29)25-22-13-17(3)27-28(22)21-12-16(2)19-9-6-10-20(30-4)24(19)26-21/h5-13H,14H2,1-4H3,(H,25,29). The van der Waals surface area contributed by atoms with E-state index < -0.39 is 0 Å². The van der Waals surface area contributed by atoms with E-state index in [4.69, 9.17) is 14.5 Å². The van der Waals surface area contributed by atoms with Gasteiger partial charge in [0.05, 0.1) is 12.8 Å². The maximum Gasteiger partial charge on any atom is 0.263 e. The number of hydrogen-bond donors (Lipinski definition) is 1. The molecule has 2 aromatic carbocycles. The number of fused-ring (bicyclic) bond motifs is 1. The van der Waals surface area contributed by atoms with Crippen LogP contribution in [0.5, 0.6) is 11.5 Å². The van der Waals surface area contributed by atoms with Crippen LogP contribution in [0.1, 0.15) is 16.8 Å². The first kappa shape index (κ1) is 20.4. The lowest BCUT2D eigenvalue weighted by atomic mass is 10.1. The number of nitrogens with zero attached hydrogens (tertiary/aromatic N) is 3. The molecule has 0 saturated carbocycles. The molecule has 158 valence electrons. The van der Waals surface area contributed by atoms with Gasteiger partial charge in [0.15, 0.2) is 12.4 Å². The van der Waals surface area contributed by atoms with Crippen LogP contribution >= 0.6 is 0 Å². The van der Waals surface area contributed by atoms with E-state index in [0.717, 1.165) is 27.7 Å². The normalized spacial score (nSPS) is 10.8. The average molecular weight is 416 g/mol. The van der Waals surface area contributed by atoms with E-state index in [2.05, 4.69) is 10.4 Å². The number of anilines is 1. The second-order valence-electron chi connectivity index (χ2n) is 7.39. The zero-order chi connectivity index (χ0) is 22.0. The minimum Gasteiger partial charge on any atom is -0.494 e. The molecule has 4 rings (SSSR count). The summed E-state index contributed by atoms with van der Waals surface area (Å²) in [4.78, 5) is 17.3. The third-order valence-corrected chi connectivity index (χ3v) is 4.89. The van der Waals surface area contributed by atoms with Crippen LogP contribution in [0, 0.1) is 20.8 Å². The first-order chi connectivity index (χ1) is 14.9. The molecule has 7 heteroatoms. The second kappa shape index (κ2) is 8.47. The van der Waals surface area contributed by atoms with E-state index in [1.165, 1.54) is 0 Å². The molecule has 2 heterocycles. The Kier molecular flexibility index (Phi) is 5.58. The number of methoxy groups -OCH3 is 1. The zero-order valence-electron chi connectivity index (χ0n) is 18.0. The van der Waals surface area contributed by atoms with E-state index in [-0.39, 0.29) is 12.5 Å². The van der Waals surface area contributed by atoms with E-state index in [9.17, 15) is 4.79 Å². The molecule has 0 radical (unpaired) electrons. The van der Waals surface area contributed by atoms with Gasteiger partial charge in [-0.05, 0) is 56.2 Å². The number of amides is 1. The quantitative estimate of drug-likeness (QED) is 0.505. The molecule has 1 N–H and O–H groups in total. The number of carbonyl (C=O) groups excluding carboxylic acids is 1. The van der Waals surface area contributed by atoms with E-state index in [0.29, 0.717) is 23.1 Å². The molecular formula is C24H24N4O3. The Morgan fingerprint density at radius 1 is 1.06 bits per heavy atom. The number of hydrogen-bond acceptors (Lipinski definition) is 5. The molecule has 2 aromatic heterocycles. The zero-order valence-corrected chi connectivity index (χ0v) is 18.0. The summed E-state index contributed by atoms with van der Waals surface area (Å²) in [7, 11) is 1.62. The van der Waals surface area contributed by atoms with Gasteiger partial charge in [-0.3, -0.25) is 4.79 Å². The van der Waals surface area contributed by atoms with E-state index >= 15 is 0 Å². The number of ether oxygens (including phenoxy) is 2. The summed E-state index contributed by atoms with van der Waals surface area (Å²) >= 11 is 0. The summed E-state index contributed by atoms with van der Waals surface area (Å²) in [5.41, 5.74) is 3.61. The molecule has 0 aliphatic rings. The Morgan fingerprint density at radius 3 is 2.65 bits per heavy atom. The molecule has 4 aromatic rings. The lowest BCUT2D eigenvalue weighted by molar-refractivity contribution is -0.118. The molecule has 1 amide bonds. The minimum atomic E-state index is -0.280. The number of pyridine rings is 1. The van der Waals surface area contributed by atoms with Crippen molar-refractivity contribution in [3.05, 3.63) is 71.4 Å². The van der Waals surface area contributed by atoms with Gasteiger partial charge in [0.2, 0.25) is 0 Å². The SMILES string of the molecule is COc1cccc2c(C)cc(-n3nc(C)cc3NC(=O)COc3cccc(C)c3)nc12. The summed E-state index contributed by atoms with van der Waals surface area (Å²) in [5, 5.41) is 8.40. The predicted molar refractivity (Wildman–Crippen MR) is 120 cm³/mol. The molecule has 0 aliphatic carbocycles. The minimum absolute atomic E-state index is 0.105. The summed E-state index contributed by atoms with van der Waals surface area (Å²) in [6.45, 7) is 5.74. The van der Waals surface area contributed by atoms with Gasteiger partial charge in [-0.25, -0.2) is 4.98 Å². The van der Waals surface area contributed by atoms with Crippen molar-refractivity contribution in [2.75, 3.05) is 19.0 Å². The molecule has 0 saturated heterocycles. The second-order valence-corrected chi connectivity index (χ2v) is 7.39. The van der Waals surface area contributed by atoms with Crippen molar-refractivity contribution in [1.82, 2.24) is 14.8 Å². The molecule has 31 heavy (non-hydrogen) atoms. The third kappa shape index (κ3) is 4.35. The monoisotopic (exact) mass is 416 g/mol. The van der Waals surface area contributed by atoms with Crippen molar-refractivity contribution in [3.63, 3.8) is 0 Å². The highest BCUT2D eigenvalue weighted by Crippen LogP contribution is 2.28. The summed E-state index contributed by atoms with van der Waals surface area (Å²) in [6, 6.07) is 17.1. The highest BCUT2D eigenvalue weighted by atomic mass is 16.5. The topological polar surface area (TPSA) is 78.3 Å². The van der Waals surface area contributed by atoms with Crippen molar-refractivity contribution in [2.45, 2.75) is 20.8 Å². The Bertz CT molecular complexity index is 1260. The van der Waals surface area contributed by atoms with Crippen LogP contribution in [0.15, 0.2) is 54.6 Å². The lowest BCUT2D eigenvalue weighted by Gasteiger charge is -2.12. The summed E-state index contributed by atoms with van der Waals surface area (Å²) in [6.07, 6.45) is 0. The van der Waals surface area contributed by atoms with Gasteiger partial charge in [0.25, 0.3) is 5.91 Å². The largest absolute Gasteiger partial charge is 0.494 e. The smallest absolute Gasteiger partial charge is 0.263 e. The van der Waals surface area contributed by atoms with E-state index in [1.54, 1.807) is 17.9 Å². The fraction of sp³-hybridized carbons (Fsp3) is 0.208. The number of para-hydroxylation sites is 1. The molecule has 0 unspecified atom stereocenters. The Balaban J connectivity index is 1.61. The van der Waals surface area contributed by atoms with Gasteiger partial charge in [0.1, 0.15) is 22.8 Å². The number of carbonyl (C=O) groups is 1. The third-order valence-electron chi connectivity index (χ3n) is 4.89. The van der Waals surface area contributed by atoms with Crippen molar-refractivity contribution in [1.29, 1.82) is 0 Å². The molecule has 7 nitrogen and oxygen atoms in total. The first-order valence-corrected chi connectivity index (χ1v) is 9.95. The van der Waals surface area contributed by atoms with Gasteiger partial charge in [-0.15, -0.1) is 0 Å². The lowest BCUT2D eigenvalue weighted by Crippen LogP contribution is -2.22. The Hall–Kier alpha value is -3.87. The predicted octanol–water partition coefficient (Wildman–Crippen LogP) is 4.37. The van der Waals surface area contributed by atoms with Crippen molar-refractivity contribution in [3.8, 4) is 17.3 Å². The highest BCUT2D eigenvalue weighted by molar-refractivity contribution is 5.92. The summed E-state index contributed by atoms with van der Waals surface area (Å²) in [5.74, 6) is 2.17. The maximum absolute atomic E-state index is 12.5. The Labute approximate surface area is 180 Å². The number of aryl methyl sites for hydroxylation is 3. The first-order valence-electron chi connectivity index (χ1n) is 9.95. The van der Waals surface area contributed by atoms with Crippen LogP contribution in [-0.2, 0) is 4.79 Å². The van der Waals surface area contributed by atoms with Gasteiger partial charge in [-0.1, -0.05) is 24.3 Å². The van der Waals surface area contributed by atoms with Crippen LogP contribution in [0.2, 0.25) is 0 Å². The number of rotatable bonds is 6. The van der Waals surface area contributed by atoms with Crippen LogP contribution in [0.25, 0.3) is 16.7 Å². The van der Waals surface area contributed by atoms with Crippen molar-refractivity contribution >= 4 is 22.6 Å². The van der Waals surface area contributed by atoms with Gasteiger partial charge in [0, 0.05) is 11.5 Å². The fourth-order valence-electron chi connectivity index (χ4n) is 3.44. The molecule has 0 fully saturated rings. The van der Waals surface area contributed by atoms with Crippen LogP contribution < -0.4 is 14.8 Å². The van der Waals surface area contributed by atoms with Gasteiger partial charge >= 0.3 is 0 Å². The van der Waals surface area contributed by atoms with Gasteiger partial charge in [-0.2, -0.15) is 9.78 Å². The summed E-state index contributed by atoms with van der Waals surface area (Å²) < 4.78 is 12.7. The average Bonchev–Trinajstić information content (AvgIpc) is 3.12. The fourth-order valence-corrected chi connectivity index (χ4v) is 3.44. The number of benzene rings is 2. The number of aromatic nitrogens is 3. The number of nitrogens with one attached hydrogen (secondary N) is 1. The van der Waals surface area contributed by atoms with Crippen LogP contribution in [-0.4, -0.2) is 34.4 Å². The van der Waals surface area contributed by atoms with E-state index in [1.807, 2.05) is 69.3 Å². The molecule has 0 aliphatic heterocycles. The molecular weight excluding hydrogens is 392 g/mol. The highest BCUT2D eigenvalue weighted by Gasteiger charge is 2.15.